The van der Waals surface area contributed by atoms with Crippen LogP contribution in [-0.2, 0) is 6.18 Å². The lowest BCUT2D eigenvalue weighted by Crippen LogP contribution is -2.11. The van der Waals surface area contributed by atoms with E-state index < -0.39 is 16.8 Å². The first-order valence-electron chi connectivity index (χ1n) is 6.65. The molecule has 0 saturated carbocycles. The van der Waals surface area contributed by atoms with Gasteiger partial charge in [-0.15, -0.1) is 0 Å². The lowest BCUT2D eigenvalue weighted by molar-refractivity contribution is -0.384. The second kappa shape index (κ2) is 6.13. The van der Waals surface area contributed by atoms with Crippen LogP contribution in [0.4, 0.5) is 18.9 Å². The molecule has 0 amide bonds. The van der Waals surface area contributed by atoms with E-state index in [1.807, 2.05) is 0 Å². The van der Waals surface area contributed by atoms with E-state index in [-0.39, 0.29) is 16.7 Å². The average Bonchev–Trinajstić information content (AvgIpc) is 3.03. The van der Waals surface area contributed by atoms with E-state index in [0.717, 1.165) is 16.9 Å². The zero-order valence-corrected chi connectivity index (χ0v) is 12.9. The zero-order valence-electron chi connectivity index (χ0n) is 12.1. The summed E-state index contributed by atoms with van der Waals surface area (Å²) in [5.41, 5.74) is -0.392. The standard InChI is InChI=1S/C14H7ClF3N5O2/c15-11-5-9(23(24)25)1-2-10(11)8-6-20-22(7-8)13-19-4-3-12(21-13)14(16,17)18/h1-7H. The van der Waals surface area contributed by atoms with Crippen molar-refractivity contribution in [3.63, 3.8) is 0 Å². The van der Waals surface area contributed by atoms with Crippen LogP contribution in [0.1, 0.15) is 5.69 Å². The number of nitrogens with zero attached hydrogens (tertiary/aromatic N) is 5. The Labute approximate surface area is 142 Å². The molecule has 0 aliphatic carbocycles. The quantitative estimate of drug-likeness (QED) is 0.516. The van der Waals surface area contributed by atoms with Crippen molar-refractivity contribution in [3.05, 3.63) is 63.7 Å². The van der Waals surface area contributed by atoms with Crippen molar-refractivity contribution >= 4 is 17.3 Å². The molecule has 11 heteroatoms. The van der Waals surface area contributed by atoms with E-state index in [4.69, 9.17) is 11.6 Å². The first kappa shape index (κ1) is 16.8. The third kappa shape index (κ3) is 3.43. The first-order valence-corrected chi connectivity index (χ1v) is 7.03. The molecule has 0 fully saturated rings. The number of nitro benzene ring substituents is 1. The van der Waals surface area contributed by atoms with Crippen LogP contribution in [0, 0.1) is 10.1 Å². The lowest BCUT2D eigenvalue weighted by atomic mass is 10.1. The Bertz CT molecular complexity index is 958. The predicted molar refractivity (Wildman–Crippen MR) is 81.3 cm³/mol. The highest BCUT2D eigenvalue weighted by Crippen LogP contribution is 2.31. The summed E-state index contributed by atoms with van der Waals surface area (Å²) in [4.78, 5) is 17.3. The van der Waals surface area contributed by atoms with Crippen molar-refractivity contribution in [2.24, 2.45) is 0 Å². The van der Waals surface area contributed by atoms with Gasteiger partial charge in [0.2, 0.25) is 0 Å². The summed E-state index contributed by atoms with van der Waals surface area (Å²) in [7, 11) is 0. The van der Waals surface area contributed by atoms with Gasteiger partial charge in [-0.1, -0.05) is 11.6 Å². The van der Waals surface area contributed by atoms with Crippen LogP contribution < -0.4 is 0 Å². The van der Waals surface area contributed by atoms with Gasteiger partial charge in [0.1, 0.15) is 5.69 Å². The number of rotatable bonds is 3. The van der Waals surface area contributed by atoms with Gasteiger partial charge in [0.05, 0.1) is 16.1 Å². The molecule has 2 aromatic heterocycles. The molecule has 1 aromatic carbocycles. The molecule has 0 unspecified atom stereocenters. The maximum Gasteiger partial charge on any atom is 0.433 e. The lowest BCUT2D eigenvalue weighted by Gasteiger charge is -2.06. The summed E-state index contributed by atoms with van der Waals surface area (Å²) >= 11 is 6.03. The van der Waals surface area contributed by atoms with Crippen LogP contribution >= 0.6 is 11.6 Å². The van der Waals surface area contributed by atoms with Crippen molar-refractivity contribution in [1.29, 1.82) is 0 Å². The summed E-state index contributed by atoms with van der Waals surface area (Å²) in [6.45, 7) is 0. The monoisotopic (exact) mass is 369 g/mol. The van der Waals surface area contributed by atoms with Crippen LogP contribution in [0.15, 0.2) is 42.9 Å². The zero-order chi connectivity index (χ0) is 18.2. The Kier molecular flexibility index (Phi) is 4.13. The third-order valence-electron chi connectivity index (χ3n) is 3.20. The number of nitro groups is 1. The van der Waals surface area contributed by atoms with Gasteiger partial charge >= 0.3 is 6.18 Å². The van der Waals surface area contributed by atoms with Crippen molar-refractivity contribution in [1.82, 2.24) is 19.7 Å². The van der Waals surface area contributed by atoms with E-state index in [1.165, 1.54) is 30.6 Å². The van der Waals surface area contributed by atoms with Crippen LogP contribution in [0.3, 0.4) is 0 Å². The molecule has 0 saturated heterocycles. The fraction of sp³-hybridized carbons (Fsp3) is 0.0714. The second-order valence-corrected chi connectivity index (χ2v) is 5.24. The van der Waals surface area contributed by atoms with Crippen LogP contribution in [0.5, 0.6) is 0 Å². The Morgan fingerprint density at radius 1 is 1.24 bits per heavy atom. The van der Waals surface area contributed by atoms with E-state index in [1.54, 1.807) is 0 Å². The number of halogens is 4. The SMILES string of the molecule is O=[N+]([O-])c1ccc(-c2cnn(-c3nccc(C(F)(F)F)n3)c2)c(Cl)c1. The smallest absolute Gasteiger partial charge is 0.258 e. The highest BCUT2D eigenvalue weighted by Gasteiger charge is 2.33. The normalized spacial score (nSPS) is 11.5. The fourth-order valence-electron chi connectivity index (χ4n) is 2.04. The number of hydrogen-bond donors (Lipinski definition) is 0. The molecule has 0 radical (unpaired) electrons. The van der Waals surface area contributed by atoms with Crippen molar-refractivity contribution < 1.29 is 18.1 Å². The summed E-state index contributed by atoms with van der Waals surface area (Å²) in [5, 5.41) is 14.8. The Morgan fingerprint density at radius 3 is 2.64 bits per heavy atom. The Morgan fingerprint density at radius 2 is 2.00 bits per heavy atom. The predicted octanol–water partition coefficient (Wildman–Crippen LogP) is 3.91. The van der Waals surface area contributed by atoms with E-state index in [0.29, 0.717) is 11.1 Å². The molecule has 0 atom stereocenters. The molecule has 0 aliphatic heterocycles. The molecular formula is C14H7ClF3N5O2. The second-order valence-electron chi connectivity index (χ2n) is 4.83. The maximum atomic E-state index is 12.7. The molecule has 25 heavy (non-hydrogen) atoms. The van der Waals surface area contributed by atoms with Crippen molar-refractivity contribution in [2.45, 2.75) is 6.18 Å². The first-order chi connectivity index (χ1) is 11.8. The maximum absolute atomic E-state index is 12.7. The van der Waals surface area contributed by atoms with Gasteiger partial charge in [0.25, 0.3) is 11.6 Å². The van der Waals surface area contributed by atoms with E-state index >= 15 is 0 Å². The van der Waals surface area contributed by atoms with Gasteiger partial charge in [0.15, 0.2) is 0 Å². The number of non-ortho nitro benzene ring substituents is 1. The number of aromatic nitrogens is 4. The Balaban J connectivity index is 1.97. The molecule has 7 nitrogen and oxygen atoms in total. The highest BCUT2D eigenvalue weighted by atomic mass is 35.5. The molecule has 0 bridgehead atoms. The number of hydrogen-bond acceptors (Lipinski definition) is 5. The minimum Gasteiger partial charge on any atom is -0.258 e. The van der Waals surface area contributed by atoms with Gasteiger partial charge in [0, 0.05) is 35.7 Å². The van der Waals surface area contributed by atoms with Gasteiger partial charge in [-0.05, 0) is 12.1 Å². The van der Waals surface area contributed by atoms with Crippen LogP contribution in [0.25, 0.3) is 17.1 Å². The molecule has 3 rings (SSSR count). The largest absolute Gasteiger partial charge is 0.433 e. The molecule has 3 aromatic rings. The molecule has 0 spiro atoms. The third-order valence-corrected chi connectivity index (χ3v) is 3.51. The molecule has 128 valence electrons. The van der Waals surface area contributed by atoms with Gasteiger partial charge < -0.3 is 0 Å². The fourth-order valence-corrected chi connectivity index (χ4v) is 2.32. The highest BCUT2D eigenvalue weighted by molar-refractivity contribution is 6.33. The van der Waals surface area contributed by atoms with Gasteiger partial charge in [-0.25, -0.2) is 14.6 Å². The van der Waals surface area contributed by atoms with Crippen LogP contribution in [-0.4, -0.2) is 24.7 Å². The molecule has 2 heterocycles. The Hall–Kier alpha value is -3.01. The summed E-state index contributed by atoms with van der Waals surface area (Å²) in [6.07, 6.45) is -0.903. The van der Waals surface area contributed by atoms with Crippen LogP contribution in [0.2, 0.25) is 5.02 Å². The van der Waals surface area contributed by atoms with E-state index in [9.17, 15) is 23.3 Å². The summed E-state index contributed by atoms with van der Waals surface area (Å²) in [6, 6.07) is 4.62. The van der Waals surface area contributed by atoms with Crippen molar-refractivity contribution in [2.75, 3.05) is 0 Å². The summed E-state index contributed by atoms with van der Waals surface area (Å²) < 4.78 is 39.2. The minimum absolute atomic E-state index is 0.110. The van der Waals surface area contributed by atoms with Gasteiger partial charge in [-0.2, -0.15) is 18.3 Å². The number of alkyl halides is 3. The molecule has 0 N–H and O–H groups in total. The molecule has 0 aliphatic rings. The number of benzene rings is 1. The van der Waals surface area contributed by atoms with E-state index in [2.05, 4.69) is 15.1 Å². The van der Waals surface area contributed by atoms with Crippen molar-refractivity contribution in [3.8, 4) is 17.1 Å². The van der Waals surface area contributed by atoms with Gasteiger partial charge in [-0.3, -0.25) is 10.1 Å². The minimum atomic E-state index is -4.60. The molecular weight excluding hydrogens is 363 g/mol. The summed E-state index contributed by atoms with van der Waals surface area (Å²) in [5.74, 6) is -0.265. The average molecular weight is 370 g/mol. The topological polar surface area (TPSA) is 86.7 Å².